The average Bonchev–Trinajstić information content (AvgIpc) is 2.65. The molecule has 0 saturated heterocycles. The third-order valence-electron chi connectivity index (χ3n) is 4.00. The first-order valence-electron chi connectivity index (χ1n) is 7.76. The maximum absolute atomic E-state index is 6.10. The molecular formula is C21H15ClNP. The second-order valence-corrected chi connectivity index (χ2v) is 8.14. The fourth-order valence-electron chi connectivity index (χ4n) is 2.91. The van der Waals surface area contributed by atoms with Crippen LogP contribution in [0, 0.1) is 0 Å². The minimum Gasteiger partial charge on any atom is -0.264 e. The van der Waals surface area contributed by atoms with E-state index in [2.05, 4.69) is 65.6 Å². The summed E-state index contributed by atoms with van der Waals surface area (Å²) in [6.07, 6.45) is 3.80. The van der Waals surface area contributed by atoms with Gasteiger partial charge in [0.2, 0.25) is 0 Å². The van der Waals surface area contributed by atoms with Gasteiger partial charge in [-0.25, -0.2) is 0 Å². The van der Waals surface area contributed by atoms with Gasteiger partial charge in [-0.3, -0.25) is 4.98 Å². The van der Waals surface area contributed by atoms with Crippen molar-refractivity contribution in [2.45, 2.75) is 0 Å². The van der Waals surface area contributed by atoms with Crippen LogP contribution >= 0.6 is 19.5 Å². The van der Waals surface area contributed by atoms with E-state index in [9.17, 15) is 0 Å². The molecule has 0 bridgehead atoms. The minimum absolute atomic E-state index is 0.679. The highest BCUT2D eigenvalue weighted by Gasteiger charge is 2.18. The minimum atomic E-state index is -0.679. The maximum Gasteiger partial charge on any atom is 0.0406 e. The molecule has 1 unspecified atom stereocenters. The summed E-state index contributed by atoms with van der Waals surface area (Å²) < 4.78 is 0. The summed E-state index contributed by atoms with van der Waals surface area (Å²) >= 11 is 6.10. The number of fused-ring (bicyclic) bond motifs is 1. The fraction of sp³-hybridized carbons (Fsp3) is 0. The van der Waals surface area contributed by atoms with Gasteiger partial charge >= 0.3 is 0 Å². The Bertz CT molecular complexity index is 962. The van der Waals surface area contributed by atoms with E-state index >= 15 is 0 Å². The third kappa shape index (κ3) is 2.94. The van der Waals surface area contributed by atoms with Crippen molar-refractivity contribution in [1.82, 2.24) is 4.98 Å². The molecule has 116 valence electrons. The predicted octanol–water partition coefficient (Wildman–Crippen LogP) is 4.65. The number of pyridine rings is 1. The van der Waals surface area contributed by atoms with E-state index in [-0.39, 0.29) is 0 Å². The number of nitrogens with zero attached hydrogens (tertiary/aromatic N) is 1. The summed E-state index contributed by atoms with van der Waals surface area (Å²) in [5, 5.41) is 7.19. The lowest BCUT2D eigenvalue weighted by Gasteiger charge is -2.20. The molecule has 1 nitrogen and oxygen atoms in total. The van der Waals surface area contributed by atoms with Crippen LogP contribution in [-0.2, 0) is 0 Å². The first-order valence-corrected chi connectivity index (χ1v) is 9.48. The van der Waals surface area contributed by atoms with E-state index in [1.54, 1.807) is 0 Å². The number of hydrogen-bond donors (Lipinski definition) is 0. The summed E-state index contributed by atoms with van der Waals surface area (Å²) in [5.41, 5.74) is 0. The zero-order chi connectivity index (χ0) is 16.4. The Labute approximate surface area is 147 Å². The summed E-state index contributed by atoms with van der Waals surface area (Å²) in [7, 11) is -0.679. The molecule has 1 heterocycles. The van der Waals surface area contributed by atoms with Crippen molar-refractivity contribution in [3.8, 4) is 0 Å². The highest BCUT2D eigenvalue weighted by atomic mass is 35.5. The zero-order valence-electron chi connectivity index (χ0n) is 12.9. The van der Waals surface area contributed by atoms with Crippen LogP contribution in [0.4, 0.5) is 0 Å². The monoisotopic (exact) mass is 347 g/mol. The molecule has 0 N–H and O–H groups in total. The summed E-state index contributed by atoms with van der Waals surface area (Å²) in [6, 6.07) is 27.4. The van der Waals surface area contributed by atoms with Gasteiger partial charge in [-0.1, -0.05) is 72.3 Å². The molecule has 0 aliphatic rings. The lowest BCUT2D eigenvalue weighted by atomic mass is 10.1. The summed E-state index contributed by atoms with van der Waals surface area (Å²) in [6.45, 7) is 0. The molecule has 0 saturated carbocycles. The smallest absolute Gasteiger partial charge is 0.0406 e. The topological polar surface area (TPSA) is 12.9 Å². The number of benzene rings is 3. The van der Waals surface area contributed by atoms with Gasteiger partial charge in [-0.05, 0) is 47.5 Å². The van der Waals surface area contributed by atoms with Crippen molar-refractivity contribution in [3.63, 3.8) is 0 Å². The molecule has 0 radical (unpaired) electrons. The fourth-order valence-corrected chi connectivity index (χ4v) is 5.43. The van der Waals surface area contributed by atoms with Crippen LogP contribution in [0.25, 0.3) is 10.8 Å². The van der Waals surface area contributed by atoms with Crippen LogP contribution in [-0.4, -0.2) is 4.98 Å². The van der Waals surface area contributed by atoms with Gasteiger partial charge in [0.15, 0.2) is 0 Å². The van der Waals surface area contributed by atoms with Crippen molar-refractivity contribution in [1.29, 1.82) is 0 Å². The van der Waals surface area contributed by atoms with Crippen LogP contribution in [0.15, 0.2) is 91.3 Å². The second kappa shape index (κ2) is 6.73. The lowest BCUT2D eigenvalue weighted by Crippen LogP contribution is -2.21. The van der Waals surface area contributed by atoms with Gasteiger partial charge in [-0.15, -0.1) is 0 Å². The molecular weight excluding hydrogens is 333 g/mol. The van der Waals surface area contributed by atoms with Crippen LogP contribution < -0.4 is 15.9 Å². The van der Waals surface area contributed by atoms with Gasteiger partial charge in [-0.2, -0.15) is 0 Å². The Balaban J connectivity index is 1.97. The first kappa shape index (κ1) is 15.3. The van der Waals surface area contributed by atoms with Crippen LogP contribution in [0.5, 0.6) is 0 Å². The Morgan fingerprint density at radius 3 is 2.29 bits per heavy atom. The second-order valence-electron chi connectivity index (χ2n) is 5.52. The molecule has 4 rings (SSSR count). The van der Waals surface area contributed by atoms with Crippen LogP contribution in [0.2, 0.25) is 5.02 Å². The molecule has 24 heavy (non-hydrogen) atoms. The predicted molar refractivity (Wildman–Crippen MR) is 105 cm³/mol. The van der Waals surface area contributed by atoms with Gasteiger partial charge in [0, 0.05) is 22.7 Å². The molecule has 3 aromatic carbocycles. The lowest BCUT2D eigenvalue weighted by molar-refractivity contribution is 1.35. The van der Waals surface area contributed by atoms with Crippen molar-refractivity contribution in [3.05, 3.63) is 96.3 Å². The quantitative estimate of drug-likeness (QED) is 0.492. The van der Waals surface area contributed by atoms with Gasteiger partial charge in [0.05, 0.1) is 0 Å². The molecule has 3 heteroatoms. The largest absolute Gasteiger partial charge is 0.264 e. The maximum atomic E-state index is 6.10. The van der Waals surface area contributed by atoms with E-state index in [4.69, 9.17) is 11.6 Å². The molecule has 0 amide bonds. The Morgan fingerprint density at radius 1 is 0.708 bits per heavy atom. The van der Waals surface area contributed by atoms with Crippen molar-refractivity contribution in [2.75, 3.05) is 0 Å². The highest BCUT2D eigenvalue weighted by Crippen LogP contribution is 2.35. The van der Waals surface area contributed by atoms with Gasteiger partial charge in [0.25, 0.3) is 0 Å². The highest BCUT2D eigenvalue weighted by molar-refractivity contribution is 7.80. The SMILES string of the molecule is Clc1ccc(P(c2cccnc2)c2cccc3ccccc23)cc1. The molecule has 0 aliphatic heterocycles. The number of hydrogen-bond acceptors (Lipinski definition) is 1. The van der Waals surface area contributed by atoms with Crippen LogP contribution in [0.3, 0.4) is 0 Å². The molecule has 0 aliphatic carbocycles. The number of aromatic nitrogens is 1. The molecule has 1 atom stereocenters. The summed E-state index contributed by atoms with van der Waals surface area (Å²) in [5.74, 6) is 0. The molecule has 4 aromatic rings. The Morgan fingerprint density at radius 2 is 1.50 bits per heavy atom. The third-order valence-corrected chi connectivity index (χ3v) is 6.72. The van der Waals surface area contributed by atoms with Crippen molar-refractivity contribution >= 4 is 46.2 Å². The van der Waals surface area contributed by atoms with Crippen molar-refractivity contribution < 1.29 is 0 Å². The van der Waals surface area contributed by atoms with Gasteiger partial charge < -0.3 is 0 Å². The molecule has 0 fully saturated rings. The Kier molecular flexibility index (Phi) is 4.30. The normalized spacial score (nSPS) is 12.2. The van der Waals surface area contributed by atoms with E-state index in [0.29, 0.717) is 0 Å². The van der Waals surface area contributed by atoms with Crippen molar-refractivity contribution in [2.24, 2.45) is 0 Å². The van der Waals surface area contributed by atoms with E-state index < -0.39 is 7.92 Å². The van der Waals surface area contributed by atoms with Crippen LogP contribution in [0.1, 0.15) is 0 Å². The first-order chi connectivity index (χ1) is 11.8. The van der Waals surface area contributed by atoms with E-state index in [1.807, 2.05) is 30.6 Å². The summed E-state index contributed by atoms with van der Waals surface area (Å²) in [4.78, 5) is 4.34. The standard InChI is InChI=1S/C21H15ClNP/c22-17-10-12-18(13-11-17)24(19-7-4-14-23-15-19)21-9-3-6-16-5-1-2-8-20(16)21/h1-15H. The number of rotatable bonds is 3. The van der Waals surface area contributed by atoms with E-state index in [1.165, 1.54) is 26.7 Å². The zero-order valence-corrected chi connectivity index (χ0v) is 14.6. The number of halogens is 1. The average molecular weight is 348 g/mol. The Hall–Kier alpha value is -2.21. The molecule has 1 aromatic heterocycles. The van der Waals surface area contributed by atoms with Gasteiger partial charge in [0.1, 0.15) is 0 Å². The molecule has 0 spiro atoms. The van der Waals surface area contributed by atoms with E-state index in [0.717, 1.165) is 5.02 Å².